The predicted molar refractivity (Wildman–Crippen MR) is 76.8 cm³/mol. The Hall–Kier alpha value is -0.230. The SMILES string of the molecule is CN(Cc1ccc(Cl)s1)C(=O)CSCCCN. The number of carbonyl (C=O) groups is 1. The van der Waals surface area contributed by atoms with Gasteiger partial charge in [0.05, 0.1) is 16.6 Å². The number of halogens is 1. The summed E-state index contributed by atoms with van der Waals surface area (Å²) in [5.74, 6) is 1.62. The maximum Gasteiger partial charge on any atom is 0.232 e. The van der Waals surface area contributed by atoms with Crippen LogP contribution in [0.4, 0.5) is 0 Å². The average Bonchev–Trinajstić information content (AvgIpc) is 2.70. The van der Waals surface area contributed by atoms with Crippen LogP contribution in [-0.4, -0.2) is 35.9 Å². The molecule has 0 fully saturated rings. The topological polar surface area (TPSA) is 46.3 Å². The van der Waals surface area contributed by atoms with Crippen molar-refractivity contribution in [2.24, 2.45) is 5.73 Å². The predicted octanol–water partition coefficient (Wildman–Crippen LogP) is 2.44. The summed E-state index contributed by atoms with van der Waals surface area (Å²) in [6.07, 6.45) is 0.961. The number of hydrogen-bond acceptors (Lipinski definition) is 4. The van der Waals surface area contributed by atoms with Crippen LogP contribution in [0.2, 0.25) is 4.34 Å². The summed E-state index contributed by atoms with van der Waals surface area (Å²) < 4.78 is 0.762. The van der Waals surface area contributed by atoms with Crippen molar-refractivity contribution in [1.29, 1.82) is 0 Å². The number of rotatable bonds is 7. The molecule has 0 aromatic carbocycles. The monoisotopic (exact) mass is 292 g/mol. The van der Waals surface area contributed by atoms with Gasteiger partial charge in [-0.3, -0.25) is 4.79 Å². The maximum absolute atomic E-state index is 11.8. The van der Waals surface area contributed by atoms with Crippen molar-refractivity contribution in [2.45, 2.75) is 13.0 Å². The van der Waals surface area contributed by atoms with Gasteiger partial charge in [-0.2, -0.15) is 11.8 Å². The molecule has 17 heavy (non-hydrogen) atoms. The Kier molecular flexibility index (Phi) is 6.96. The Labute approximate surface area is 115 Å². The van der Waals surface area contributed by atoms with Crippen LogP contribution in [0.3, 0.4) is 0 Å². The smallest absolute Gasteiger partial charge is 0.232 e. The molecule has 1 rings (SSSR count). The highest BCUT2D eigenvalue weighted by molar-refractivity contribution is 7.99. The van der Waals surface area contributed by atoms with E-state index in [4.69, 9.17) is 17.3 Å². The number of thiophene rings is 1. The van der Waals surface area contributed by atoms with E-state index in [1.54, 1.807) is 16.7 Å². The van der Waals surface area contributed by atoms with E-state index in [1.165, 1.54) is 11.3 Å². The molecule has 0 aliphatic carbocycles. The summed E-state index contributed by atoms with van der Waals surface area (Å²) in [7, 11) is 1.82. The van der Waals surface area contributed by atoms with Gasteiger partial charge >= 0.3 is 0 Å². The van der Waals surface area contributed by atoms with Crippen molar-refractivity contribution in [1.82, 2.24) is 4.90 Å². The average molecular weight is 293 g/mol. The zero-order chi connectivity index (χ0) is 12.7. The van der Waals surface area contributed by atoms with Gasteiger partial charge in [0, 0.05) is 11.9 Å². The van der Waals surface area contributed by atoms with Crippen LogP contribution in [0, 0.1) is 0 Å². The van der Waals surface area contributed by atoms with Crippen molar-refractivity contribution in [3.63, 3.8) is 0 Å². The quantitative estimate of drug-likeness (QED) is 0.785. The molecular weight excluding hydrogens is 276 g/mol. The zero-order valence-corrected chi connectivity index (χ0v) is 12.2. The lowest BCUT2D eigenvalue weighted by molar-refractivity contribution is -0.127. The van der Waals surface area contributed by atoms with Gasteiger partial charge in [-0.15, -0.1) is 11.3 Å². The minimum Gasteiger partial charge on any atom is -0.340 e. The van der Waals surface area contributed by atoms with E-state index in [-0.39, 0.29) is 5.91 Å². The molecule has 0 radical (unpaired) electrons. The molecule has 1 aromatic rings. The zero-order valence-electron chi connectivity index (χ0n) is 9.82. The molecule has 0 aliphatic rings. The summed E-state index contributed by atoms with van der Waals surface area (Å²) in [5, 5.41) is 0. The third-order valence-corrected chi connectivity index (χ3v) is 4.41. The minimum absolute atomic E-state index is 0.150. The van der Waals surface area contributed by atoms with Gasteiger partial charge in [0.15, 0.2) is 0 Å². The van der Waals surface area contributed by atoms with Gasteiger partial charge in [-0.25, -0.2) is 0 Å². The molecule has 0 bridgehead atoms. The summed E-state index contributed by atoms with van der Waals surface area (Å²) in [5.41, 5.74) is 5.39. The largest absolute Gasteiger partial charge is 0.340 e. The Morgan fingerprint density at radius 2 is 2.35 bits per heavy atom. The van der Waals surface area contributed by atoms with Crippen LogP contribution in [-0.2, 0) is 11.3 Å². The first-order valence-corrected chi connectivity index (χ1v) is 7.74. The highest BCUT2D eigenvalue weighted by Crippen LogP contribution is 2.22. The van der Waals surface area contributed by atoms with Gasteiger partial charge in [-0.05, 0) is 30.9 Å². The highest BCUT2D eigenvalue weighted by Gasteiger charge is 2.10. The number of carbonyl (C=O) groups excluding carboxylic acids is 1. The van der Waals surface area contributed by atoms with Crippen LogP contribution in [0.15, 0.2) is 12.1 Å². The van der Waals surface area contributed by atoms with E-state index < -0.39 is 0 Å². The molecule has 1 aromatic heterocycles. The Morgan fingerprint density at radius 3 is 2.94 bits per heavy atom. The Morgan fingerprint density at radius 1 is 1.59 bits per heavy atom. The molecule has 3 nitrogen and oxygen atoms in total. The number of hydrogen-bond donors (Lipinski definition) is 1. The van der Waals surface area contributed by atoms with Crippen LogP contribution >= 0.6 is 34.7 Å². The molecule has 0 unspecified atom stereocenters. The number of nitrogens with two attached hydrogens (primary N) is 1. The lowest BCUT2D eigenvalue weighted by atomic mass is 10.4. The summed E-state index contributed by atoms with van der Waals surface area (Å²) >= 11 is 8.99. The van der Waals surface area contributed by atoms with E-state index in [2.05, 4.69) is 0 Å². The molecule has 0 aliphatic heterocycles. The molecule has 0 atom stereocenters. The van der Waals surface area contributed by atoms with E-state index >= 15 is 0 Å². The number of nitrogens with zero attached hydrogens (tertiary/aromatic N) is 1. The number of amides is 1. The lowest BCUT2D eigenvalue weighted by Crippen LogP contribution is -2.27. The van der Waals surface area contributed by atoms with Gasteiger partial charge in [0.25, 0.3) is 0 Å². The molecular formula is C11H17ClN2OS2. The van der Waals surface area contributed by atoms with Crippen molar-refractivity contribution in [3.05, 3.63) is 21.3 Å². The molecule has 0 saturated heterocycles. The van der Waals surface area contributed by atoms with Gasteiger partial charge < -0.3 is 10.6 Å². The van der Waals surface area contributed by atoms with Crippen molar-refractivity contribution in [3.8, 4) is 0 Å². The lowest BCUT2D eigenvalue weighted by Gasteiger charge is -2.15. The Bertz CT molecular complexity index is 357. The number of thioether (sulfide) groups is 1. The van der Waals surface area contributed by atoms with Crippen LogP contribution in [0.1, 0.15) is 11.3 Å². The van der Waals surface area contributed by atoms with Crippen LogP contribution in [0.25, 0.3) is 0 Å². The fraction of sp³-hybridized carbons (Fsp3) is 0.545. The third kappa shape index (κ3) is 5.77. The summed E-state index contributed by atoms with van der Waals surface area (Å²) in [4.78, 5) is 14.6. The highest BCUT2D eigenvalue weighted by atomic mass is 35.5. The van der Waals surface area contributed by atoms with Crippen molar-refractivity contribution in [2.75, 3.05) is 25.1 Å². The second-order valence-corrected chi connectivity index (χ2v) is 6.56. The van der Waals surface area contributed by atoms with Crippen molar-refractivity contribution < 1.29 is 4.79 Å². The third-order valence-electron chi connectivity index (χ3n) is 2.17. The second kappa shape index (κ2) is 7.97. The van der Waals surface area contributed by atoms with E-state index in [0.717, 1.165) is 21.4 Å². The van der Waals surface area contributed by atoms with Gasteiger partial charge in [-0.1, -0.05) is 11.6 Å². The van der Waals surface area contributed by atoms with E-state index in [0.29, 0.717) is 18.8 Å². The summed E-state index contributed by atoms with van der Waals surface area (Å²) in [6, 6.07) is 3.81. The normalized spacial score (nSPS) is 10.5. The fourth-order valence-corrected chi connectivity index (χ4v) is 3.26. The first-order valence-electron chi connectivity index (χ1n) is 5.39. The summed E-state index contributed by atoms with van der Waals surface area (Å²) in [6.45, 7) is 1.32. The fourth-order valence-electron chi connectivity index (χ4n) is 1.21. The van der Waals surface area contributed by atoms with Gasteiger partial charge in [0.1, 0.15) is 0 Å². The first-order chi connectivity index (χ1) is 8.13. The Balaban J connectivity index is 2.27. The van der Waals surface area contributed by atoms with Crippen LogP contribution < -0.4 is 5.73 Å². The van der Waals surface area contributed by atoms with E-state index in [9.17, 15) is 4.79 Å². The second-order valence-electron chi connectivity index (χ2n) is 3.65. The first kappa shape index (κ1) is 14.8. The molecule has 0 saturated carbocycles. The maximum atomic E-state index is 11.8. The van der Waals surface area contributed by atoms with Gasteiger partial charge in [0.2, 0.25) is 5.91 Å². The standard InChI is InChI=1S/C11H17ClN2OS2/c1-14(7-9-3-4-10(12)17-9)11(15)8-16-6-2-5-13/h3-4H,2,5-8,13H2,1H3. The molecule has 6 heteroatoms. The van der Waals surface area contributed by atoms with Crippen molar-refractivity contribution >= 4 is 40.6 Å². The molecule has 2 N–H and O–H groups in total. The minimum atomic E-state index is 0.150. The van der Waals surface area contributed by atoms with Crippen LogP contribution in [0.5, 0.6) is 0 Å². The molecule has 1 amide bonds. The molecule has 1 heterocycles. The molecule has 0 spiro atoms. The molecule has 96 valence electrons. The van der Waals surface area contributed by atoms with E-state index in [1.807, 2.05) is 19.2 Å².